The van der Waals surface area contributed by atoms with E-state index in [0.29, 0.717) is 19.3 Å². The maximum Gasteiger partial charge on any atom is 0.249 e. The Labute approximate surface area is 328 Å². The van der Waals surface area contributed by atoms with Gasteiger partial charge in [0.15, 0.2) is 6.29 Å². The fraction of sp³-hybridized carbons (Fsp3) is 0.930. The van der Waals surface area contributed by atoms with E-state index >= 15 is 0 Å². The lowest BCUT2D eigenvalue weighted by molar-refractivity contribution is -0.303. The number of aliphatic hydroxyl groups is 7. The fourth-order valence-corrected chi connectivity index (χ4v) is 7.09. The molecule has 1 aliphatic rings. The first kappa shape index (κ1) is 50.9. The number of unbranched alkanes of at least 4 members (excludes halogenated alkanes) is 22. The SMILES string of the molecule is CCCCCC/C=C\CCC(O)C(=O)NC(COC1OC(CO)C(O)C(O)C1O)C(O)C(O)CCCCCCCCCCCCCCCCCCCCC. The van der Waals surface area contributed by atoms with Crippen LogP contribution in [0.15, 0.2) is 12.2 Å². The first-order chi connectivity index (χ1) is 26.2. The summed E-state index contributed by atoms with van der Waals surface area (Å²) < 4.78 is 11.0. The molecule has 9 unspecified atom stereocenters. The smallest absolute Gasteiger partial charge is 0.249 e. The van der Waals surface area contributed by atoms with Gasteiger partial charge in [-0.15, -0.1) is 0 Å². The van der Waals surface area contributed by atoms with Crippen LogP contribution in [0.2, 0.25) is 0 Å². The molecule has 0 bridgehead atoms. The second-order valence-corrected chi connectivity index (χ2v) is 15.8. The van der Waals surface area contributed by atoms with Gasteiger partial charge in [0.2, 0.25) is 5.91 Å². The number of nitrogens with one attached hydrogen (secondary N) is 1. The van der Waals surface area contributed by atoms with E-state index in [2.05, 4.69) is 25.2 Å². The molecule has 0 aromatic heterocycles. The van der Waals surface area contributed by atoms with Crippen LogP contribution in [0.5, 0.6) is 0 Å². The van der Waals surface area contributed by atoms with Gasteiger partial charge in [0.1, 0.15) is 36.6 Å². The van der Waals surface area contributed by atoms with Crippen molar-refractivity contribution in [3.63, 3.8) is 0 Å². The molecule has 1 amide bonds. The lowest BCUT2D eigenvalue weighted by atomic mass is 9.98. The number of hydrogen-bond donors (Lipinski definition) is 8. The summed E-state index contributed by atoms with van der Waals surface area (Å²) >= 11 is 0. The Bertz CT molecular complexity index is 892. The Morgan fingerprint density at radius 2 is 1.09 bits per heavy atom. The predicted octanol–water partition coefficient (Wildman–Crippen LogP) is 6.50. The summed E-state index contributed by atoms with van der Waals surface area (Å²) in [5.41, 5.74) is 0. The molecule has 0 spiro atoms. The Balaban J connectivity index is 2.42. The minimum absolute atomic E-state index is 0.176. The molecule has 1 fully saturated rings. The van der Waals surface area contributed by atoms with Gasteiger partial charge in [-0.25, -0.2) is 0 Å². The molecule has 320 valence electrons. The Kier molecular flexibility index (Phi) is 32.0. The molecule has 1 aliphatic heterocycles. The van der Waals surface area contributed by atoms with Gasteiger partial charge in [0.25, 0.3) is 0 Å². The van der Waals surface area contributed by atoms with Crippen LogP contribution < -0.4 is 5.32 Å². The highest BCUT2D eigenvalue weighted by molar-refractivity contribution is 5.80. The van der Waals surface area contributed by atoms with E-state index in [1.165, 1.54) is 116 Å². The molecule has 8 N–H and O–H groups in total. The average Bonchev–Trinajstić information content (AvgIpc) is 3.17. The van der Waals surface area contributed by atoms with Crippen LogP contribution in [0, 0.1) is 0 Å². The average molecular weight is 774 g/mol. The number of amides is 1. The third-order valence-electron chi connectivity index (χ3n) is 10.8. The van der Waals surface area contributed by atoms with Gasteiger partial charge in [0.05, 0.1) is 25.4 Å². The van der Waals surface area contributed by atoms with E-state index in [9.17, 15) is 40.5 Å². The summed E-state index contributed by atoms with van der Waals surface area (Å²) in [5, 5.41) is 75.3. The van der Waals surface area contributed by atoms with Crippen molar-refractivity contribution in [2.75, 3.05) is 13.2 Å². The highest BCUT2D eigenvalue weighted by atomic mass is 16.7. The van der Waals surface area contributed by atoms with Crippen molar-refractivity contribution in [3.05, 3.63) is 12.2 Å². The molecule has 0 aromatic rings. The predicted molar refractivity (Wildman–Crippen MR) is 215 cm³/mol. The highest BCUT2D eigenvalue weighted by Crippen LogP contribution is 2.23. The molecular weight excluding hydrogens is 690 g/mol. The van der Waals surface area contributed by atoms with Crippen molar-refractivity contribution >= 4 is 5.91 Å². The van der Waals surface area contributed by atoms with Gasteiger partial charge < -0.3 is 50.5 Å². The minimum Gasteiger partial charge on any atom is -0.394 e. The van der Waals surface area contributed by atoms with E-state index < -0.39 is 74.2 Å². The van der Waals surface area contributed by atoms with Crippen molar-refractivity contribution in [1.82, 2.24) is 5.32 Å². The quantitative estimate of drug-likeness (QED) is 0.0258. The Morgan fingerprint density at radius 3 is 1.59 bits per heavy atom. The van der Waals surface area contributed by atoms with Crippen LogP contribution in [0.25, 0.3) is 0 Å². The van der Waals surface area contributed by atoms with E-state index in [-0.39, 0.29) is 6.42 Å². The van der Waals surface area contributed by atoms with Crippen molar-refractivity contribution in [2.24, 2.45) is 0 Å². The number of carbonyl (C=O) groups is 1. The normalized spacial score (nSPS) is 22.7. The second-order valence-electron chi connectivity index (χ2n) is 15.8. The molecular formula is C43H83NO10. The second kappa shape index (κ2) is 33.9. The molecule has 9 atom stereocenters. The Morgan fingerprint density at radius 1 is 0.630 bits per heavy atom. The molecule has 1 rings (SSSR count). The standard InChI is InChI=1S/C43H83NO10/c1-3-5-7-9-11-13-14-15-16-17-18-19-20-21-22-23-25-26-28-30-35(46)38(48)34(33-53-43-41(51)40(50)39(49)37(32-45)54-43)44-42(52)36(47)31-29-27-24-12-10-8-6-4-2/h24,27,34-41,43,45-51H,3-23,25-26,28-33H2,1-2H3,(H,44,52)/b27-24-. The molecule has 54 heavy (non-hydrogen) atoms. The van der Waals surface area contributed by atoms with Crippen molar-refractivity contribution in [1.29, 1.82) is 0 Å². The molecule has 0 saturated carbocycles. The topological polar surface area (TPSA) is 189 Å². The third-order valence-corrected chi connectivity index (χ3v) is 10.8. The number of ether oxygens (including phenoxy) is 2. The number of rotatable bonds is 36. The summed E-state index contributed by atoms with van der Waals surface area (Å²) in [6.07, 6.45) is 23.0. The molecule has 1 saturated heterocycles. The summed E-state index contributed by atoms with van der Waals surface area (Å²) in [6, 6.07) is -1.18. The summed E-state index contributed by atoms with van der Waals surface area (Å²) in [4.78, 5) is 12.9. The van der Waals surface area contributed by atoms with Crippen molar-refractivity contribution < 1.29 is 50.0 Å². The molecule has 0 aliphatic carbocycles. The van der Waals surface area contributed by atoms with Crippen LogP contribution >= 0.6 is 0 Å². The molecule has 0 radical (unpaired) electrons. The first-order valence-corrected chi connectivity index (χ1v) is 22.1. The number of hydrogen-bond acceptors (Lipinski definition) is 10. The van der Waals surface area contributed by atoms with Crippen LogP contribution in [0.1, 0.15) is 187 Å². The van der Waals surface area contributed by atoms with Crippen LogP contribution in [0.4, 0.5) is 0 Å². The van der Waals surface area contributed by atoms with Gasteiger partial charge in [-0.2, -0.15) is 0 Å². The van der Waals surface area contributed by atoms with E-state index in [1.54, 1.807) is 0 Å². The van der Waals surface area contributed by atoms with Crippen LogP contribution in [-0.2, 0) is 14.3 Å². The number of allylic oxidation sites excluding steroid dienone is 2. The summed E-state index contributed by atoms with van der Waals surface area (Å²) in [7, 11) is 0. The molecule has 0 aromatic carbocycles. The van der Waals surface area contributed by atoms with Gasteiger partial charge in [-0.05, 0) is 32.1 Å². The maximum absolute atomic E-state index is 12.9. The van der Waals surface area contributed by atoms with Crippen LogP contribution in [0.3, 0.4) is 0 Å². The fourth-order valence-electron chi connectivity index (χ4n) is 7.09. The Hall–Kier alpha value is -1.15. The zero-order chi connectivity index (χ0) is 39.8. The summed E-state index contributed by atoms with van der Waals surface area (Å²) in [6.45, 7) is 3.36. The van der Waals surface area contributed by atoms with Gasteiger partial charge in [0, 0.05) is 0 Å². The monoisotopic (exact) mass is 774 g/mol. The van der Waals surface area contributed by atoms with Crippen LogP contribution in [-0.4, -0.2) is 110 Å². The first-order valence-electron chi connectivity index (χ1n) is 22.1. The van der Waals surface area contributed by atoms with E-state index in [0.717, 1.165) is 32.1 Å². The van der Waals surface area contributed by atoms with Crippen molar-refractivity contribution in [2.45, 2.75) is 242 Å². The lowest BCUT2D eigenvalue weighted by Crippen LogP contribution is -2.60. The molecule has 1 heterocycles. The van der Waals surface area contributed by atoms with Gasteiger partial charge in [-0.3, -0.25) is 4.79 Å². The summed E-state index contributed by atoms with van der Waals surface area (Å²) in [5.74, 6) is -0.733. The van der Waals surface area contributed by atoms with Gasteiger partial charge >= 0.3 is 0 Å². The molecule has 11 heteroatoms. The zero-order valence-corrected chi connectivity index (χ0v) is 34.2. The van der Waals surface area contributed by atoms with Crippen molar-refractivity contribution in [3.8, 4) is 0 Å². The van der Waals surface area contributed by atoms with Gasteiger partial charge in [-0.1, -0.05) is 167 Å². The lowest BCUT2D eigenvalue weighted by Gasteiger charge is -2.40. The number of aliphatic hydroxyl groups excluding tert-OH is 7. The minimum atomic E-state index is -1.66. The van der Waals surface area contributed by atoms with E-state index in [1.807, 2.05) is 6.08 Å². The number of carbonyl (C=O) groups excluding carboxylic acids is 1. The van der Waals surface area contributed by atoms with E-state index in [4.69, 9.17) is 9.47 Å². The largest absolute Gasteiger partial charge is 0.394 e. The zero-order valence-electron chi connectivity index (χ0n) is 34.2. The third kappa shape index (κ3) is 23.8. The maximum atomic E-state index is 12.9. The highest BCUT2D eigenvalue weighted by Gasteiger charge is 2.44. The molecule has 11 nitrogen and oxygen atoms in total.